The summed E-state index contributed by atoms with van der Waals surface area (Å²) < 4.78 is 5.10. The summed E-state index contributed by atoms with van der Waals surface area (Å²) in [7, 11) is 1.61. The molecule has 4 nitrogen and oxygen atoms in total. The highest BCUT2D eigenvalue weighted by Gasteiger charge is 2.15. The van der Waals surface area contributed by atoms with Gasteiger partial charge in [0.2, 0.25) is 0 Å². The minimum atomic E-state index is -0.111. The highest BCUT2D eigenvalue weighted by molar-refractivity contribution is 6.04. The van der Waals surface area contributed by atoms with E-state index >= 15 is 0 Å². The molecule has 5 heteroatoms. The van der Waals surface area contributed by atoms with Gasteiger partial charge in [-0.15, -0.1) is 12.4 Å². The van der Waals surface area contributed by atoms with Crippen molar-refractivity contribution in [3.8, 4) is 5.75 Å². The molecule has 1 fully saturated rings. The maximum atomic E-state index is 12.2. The molecule has 2 aromatic carbocycles. The van der Waals surface area contributed by atoms with Crippen molar-refractivity contribution < 1.29 is 9.53 Å². The van der Waals surface area contributed by atoms with Crippen LogP contribution in [0.15, 0.2) is 48.5 Å². The molecule has 1 atom stereocenters. The monoisotopic (exact) mass is 346 g/mol. The fourth-order valence-corrected chi connectivity index (χ4v) is 2.92. The summed E-state index contributed by atoms with van der Waals surface area (Å²) in [4.78, 5) is 12.2. The Kier molecular flexibility index (Phi) is 6.64. The molecule has 0 aromatic heterocycles. The Morgan fingerprint density at radius 2 is 1.83 bits per heavy atom. The van der Waals surface area contributed by atoms with E-state index in [4.69, 9.17) is 4.74 Å². The Hall–Kier alpha value is -2.04. The zero-order valence-electron chi connectivity index (χ0n) is 13.7. The first-order valence-corrected chi connectivity index (χ1v) is 8.02. The highest BCUT2D eigenvalue weighted by atomic mass is 35.5. The second-order valence-corrected chi connectivity index (χ2v) is 5.85. The van der Waals surface area contributed by atoms with Crippen LogP contribution >= 0.6 is 12.4 Å². The predicted molar refractivity (Wildman–Crippen MR) is 99.5 cm³/mol. The van der Waals surface area contributed by atoms with E-state index in [1.54, 1.807) is 31.4 Å². The molecular weight excluding hydrogens is 324 g/mol. The molecule has 24 heavy (non-hydrogen) atoms. The number of piperidine rings is 1. The van der Waals surface area contributed by atoms with Crippen LogP contribution in [0.3, 0.4) is 0 Å². The number of hydrogen-bond acceptors (Lipinski definition) is 3. The van der Waals surface area contributed by atoms with Crippen LogP contribution < -0.4 is 15.4 Å². The van der Waals surface area contributed by atoms with Gasteiger partial charge in [-0.2, -0.15) is 0 Å². The Balaban J connectivity index is 0.00000208. The SMILES string of the molecule is COc1ccc(C(=O)Nc2ccc(C3CCCNC3)cc2)cc1.Cl. The standard InChI is InChI=1S/C19H22N2O2.ClH/c1-23-18-10-6-15(7-11-18)19(22)21-17-8-4-14(5-9-17)16-3-2-12-20-13-16;/h4-11,16,20H,2-3,12-13H2,1H3,(H,21,22);1H. The number of carbonyl (C=O) groups excluding carboxylic acids is 1. The Morgan fingerprint density at radius 1 is 1.12 bits per heavy atom. The first kappa shape index (κ1) is 18.3. The van der Waals surface area contributed by atoms with E-state index in [-0.39, 0.29) is 18.3 Å². The van der Waals surface area contributed by atoms with E-state index in [2.05, 4.69) is 22.8 Å². The number of benzene rings is 2. The van der Waals surface area contributed by atoms with E-state index < -0.39 is 0 Å². The van der Waals surface area contributed by atoms with Gasteiger partial charge in [0.25, 0.3) is 5.91 Å². The van der Waals surface area contributed by atoms with Gasteiger partial charge in [-0.3, -0.25) is 4.79 Å². The minimum absolute atomic E-state index is 0. The molecular formula is C19H23ClN2O2. The third kappa shape index (κ3) is 4.49. The number of carbonyl (C=O) groups is 1. The summed E-state index contributed by atoms with van der Waals surface area (Å²) in [6, 6.07) is 15.3. The van der Waals surface area contributed by atoms with Gasteiger partial charge in [-0.25, -0.2) is 0 Å². The first-order valence-electron chi connectivity index (χ1n) is 8.02. The second kappa shape index (κ2) is 8.71. The zero-order chi connectivity index (χ0) is 16.1. The molecule has 1 unspecified atom stereocenters. The molecule has 1 amide bonds. The molecule has 1 heterocycles. The number of amides is 1. The van der Waals surface area contributed by atoms with E-state index in [1.165, 1.54) is 18.4 Å². The topological polar surface area (TPSA) is 50.4 Å². The van der Waals surface area contributed by atoms with Crippen molar-refractivity contribution >= 4 is 24.0 Å². The van der Waals surface area contributed by atoms with Gasteiger partial charge in [-0.1, -0.05) is 12.1 Å². The van der Waals surface area contributed by atoms with Gasteiger partial charge in [0.15, 0.2) is 0 Å². The van der Waals surface area contributed by atoms with Crippen LogP contribution in [0.25, 0.3) is 0 Å². The van der Waals surface area contributed by atoms with Crippen LogP contribution in [0.5, 0.6) is 5.75 Å². The van der Waals surface area contributed by atoms with Crippen molar-refractivity contribution in [3.05, 3.63) is 59.7 Å². The average molecular weight is 347 g/mol. The van der Waals surface area contributed by atoms with Crippen LogP contribution in [-0.4, -0.2) is 26.1 Å². The lowest BCUT2D eigenvalue weighted by Crippen LogP contribution is -2.28. The van der Waals surface area contributed by atoms with E-state index in [0.29, 0.717) is 11.5 Å². The number of methoxy groups -OCH3 is 1. The number of hydrogen-bond donors (Lipinski definition) is 2. The fourth-order valence-electron chi connectivity index (χ4n) is 2.92. The van der Waals surface area contributed by atoms with E-state index in [0.717, 1.165) is 24.5 Å². The maximum absolute atomic E-state index is 12.2. The number of anilines is 1. The lowest BCUT2D eigenvalue weighted by molar-refractivity contribution is 0.102. The van der Waals surface area contributed by atoms with Gasteiger partial charge >= 0.3 is 0 Å². The number of nitrogens with one attached hydrogen (secondary N) is 2. The minimum Gasteiger partial charge on any atom is -0.497 e. The third-order valence-electron chi connectivity index (χ3n) is 4.29. The summed E-state index contributed by atoms with van der Waals surface area (Å²) in [6.45, 7) is 2.16. The lowest BCUT2D eigenvalue weighted by Gasteiger charge is -2.23. The van der Waals surface area contributed by atoms with Crippen molar-refractivity contribution in [1.82, 2.24) is 5.32 Å². The number of rotatable bonds is 4. The molecule has 1 aliphatic heterocycles. The Bertz CT molecular complexity index is 650. The summed E-state index contributed by atoms with van der Waals surface area (Å²) in [5.41, 5.74) is 2.77. The van der Waals surface area contributed by atoms with Gasteiger partial charge in [0, 0.05) is 17.8 Å². The van der Waals surface area contributed by atoms with Crippen molar-refractivity contribution in [3.63, 3.8) is 0 Å². The van der Waals surface area contributed by atoms with Crippen LogP contribution in [0.4, 0.5) is 5.69 Å². The second-order valence-electron chi connectivity index (χ2n) is 5.85. The molecule has 0 aliphatic carbocycles. The van der Waals surface area contributed by atoms with Crippen LogP contribution in [-0.2, 0) is 0 Å². The maximum Gasteiger partial charge on any atom is 0.255 e. The van der Waals surface area contributed by atoms with E-state index in [1.807, 2.05) is 12.1 Å². The lowest BCUT2D eigenvalue weighted by atomic mass is 9.91. The summed E-state index contributed by atoms with van der Waals surface area (Å²) in [5, 5.41) is 6.36. The molecule has 2 aromatic rings. The summed E-state index contributed by atoms with van der Waals surface area (Å²) >= 11 is 0. The summed E-state index contributed by atoms with van der Waals surface area (Å²) in [5.74, 6) is 1.21. The molecule has 2 N–H and O–H groups in total. The quantitative estimate of drug-likeness (QED) is 0.884. The number of halogens is 1. The van der Waals surface area contributed by atoms with Gasteiger partial charge in [0.05, 0.1) is 7.11 Å². The third-order valence-corrected chi connectivity index (χ3v) is 4.29. The Labute approximate surface area is 149 Å². The molecule has 3 rings (SSSR count). The van der Waals surface area contributed by atoms with Crippen LogP contribution in [0.1, 0.15) is 34.7 Å². The number of ether oxygens (including phenoxy) is 1. The molecule has 0 spiro atoms. The first-order chi connectivity index (χ1) is 11.3. The van der Waals surface area contributed by atoms with Gasteiger partial charge < -0.3 is 15.4 Å². The fraction of sp³-hybridized carbons (Fsp3) is 0.316. The molecule has 128 valence electrons. The molecule has 0 saturated carbocycles. The molecule has 1 aliphatic rings. The predicted octanol–water partition coefficient (Wildman–Crippen LogP) is 3.84. The smallest absolute Gasteiger partial charge is 0.255 e. The highest BCUT2D eigenvalue weighted by Crippen LogP contribution is 2.24. The molecule has 0 bridgehead atoms. The van der Waals surface area contributed by atoms with E-state index in [9.17, 15) is 4.79 Å². The van der Waals surface area contributed by atoms with Crippen molar-refractivity contribution in [1.29, 1.82) is 0 Å². The van der Waals surface area contributed by atoms with Gasteiger partial charge in [0.1, 0.15) is 5.75 Å². The van der Waals surface area contributed by atoms with Crippen LogP contribution in [0, 0.1) is 0 Å². The van der Waals surface area contributed by atoms with Crippen molar-refractivity contribution in [2.75, 3.05) is 25.5 Å². The Morgan fingerprint density at radius 3 is 2.42 bits per heavy atom. The summed E-state index contributed by atoms with van der Waals surface area (Å²) in [6.07, 6.45) is 2.45. The van der Waals surface area contributed by atoms with Crippen molar-refractivity contribution in [2.45, 2.75) is 18.8 Å². The average Bonchev–Trinajstić information content (AvgIpc) is 2.63. The normalized spacial score (nSPS) is 16.8. The van der Waals surface area contributed by atoms with Crippen LogP contribution in [0.2, 0.25) is 0 Å². The molecule has 0 radical (unpaired) electrons. The zero-order valence-corrected chi connectivity index (χ0v) is 14.6. The largest absolute Gasteiger partial charge is 0.497 e. The molecule has 1 saturated heterocycles. The van der Waals surface area contributed by atoms with Gasteiger partial charge in [-0.05, 0) is 67.3 Å². The van der Waals surface area contributed by atoms with Crippen molar-refractivity contribution in [2.24, 2.45) is 0 Å².